The zero-order valence-electron chi connectivity index (χ0n) is 12.3. The molecule has 0 aromatic rings. The molecule has 0 aromatic heterocycles. The molecule has 2 rings (SSSR count). The monoisotopic (exact) mass is 254 g/mol. The van der Waals surface area contributed by atoms with Crippen LogP contribution in [0.5, 0.6) is 0 Å². The fraction of sp³-hybridized carbons (Fsp3) is 1.00. The van der Waals surface area contributed by atoms with Crippen molar-refractivity contribution in [1.29, 1.82) is 0 Å². The lowest BCUT2D eigenvalue weighted by molar-refractivity contribution is 0.0361. The summed E-state index contributed by atoms with van der Waals surface area (Å²) in [5, 5.41) is 10.3. The zero-order valence-corrected chi connectivity index (χ0v) is 12.3. The van der Waals surface area contributed by atoms with Gasteiger partial charge in [-0.25, -0.2) is 0 Å². The van der Waals surface area contributed by atoms with Crippen LogP contribution in [0.4, 0.5) is 0 Å². The van der Waals surface area contributed by atoms with E-state index in [1.807, 2.05) is 0 Å². The van der Waals surface area contributed by atoms with Crippen LogP contribution in [0.25, 0.3) is 0 Å². The van der Waals surface area contributed by atoms with Crippen molar-refractivity contribution in [3.8, 4) is 0 Å². The summed E-state index contributed by atoms with van der Waals surface area (Å²) in [6.45, 7) is 6.71. The first-order valence-corrected chi connectivity index (χ1v) is 7.81. The minimum atomic E-state index is -0.137. The summed E-state index contributed by atoms with van der Waals surface area (Å²) < 4.78 is 0. The number of rotatable bonds is 5. The van der Waals surface area contributed by atoms with Crippen LogP contribution in [0, 0.1) is 0 Å². The van der Waals surface area contributed by atoms with Gasteiger partial charge in [0.15, 0.2) is 0 Å². The number of hydrogen-bond acceptors (Lipinski definition) is 3. The third-order valence-electron chi connectivity index (χ3n) is 5.10. The summed E-state index contributed by atoms with van der Waals surface area (Å²) in [5.41, 5.74) is 0. The fourth-order valence-electron chi connectivity index (χ4n) is 3.90. The van der Waals surface area contributed by atoms with Crippen LogP contribution in [0.3, 0.4) is 0 Å². The number of likely N-dealkylation sites (N-methyl/N-ethyl adjacent to an activating group) is 1. The second-order valence-electron chi connectivity index (χ2n) is 6.17. The maximum absolute atomic E-state index is 10.3. The lowest BCUT2D eigenvalue weighted by Crippen LogP contribution is -2.47. The summed E-state index contributed by atoms with van der Waals surface area (Å²) in [5.74, 6) is 0. The van der Waals surface area contributed by atoms with E-state index in [0.29, 0.717) is 6.04 Å². The Balaban J connectivity index is 1.99. The van der Waals surface area contributed by atoms with Crippen molar-refractivity contribution in [3.05, 3.63) is 0 Å². The standard InChI is InChI=1S/C15H30N2O/c1-4-6-15(18)14(5-2)17-10-9-12-7-8-13(11-17)16(12)3/h12-15,18H,4-11H2,1-3H3. The van der Waals surface area contributed by atoms with E-state index >= 15 is 0 Å². The molecule has 0 saturated carbocycles. The minimum Gasteiger partial charge on any atom is -0.391 e. The second kappa shape index (κ2) is 6.36. The molecule has 3 nitrogen and oxygen atoms in total. The molecule has 4 atom stereocenters. The highest BCUT2D eigenvalue weighted by Crippen LogP contribution is 2.30. The molecule has 0 radical (unpaired) electrons. The average molecular weight is 254 g/mol. The van der Waals surface area contributed by atoms with Gasteiger partial charge in [0.1, 0.15) is 0 Å². The van der Waals surface area contributed by atoms with Crippen LogP contribution in [-0.4, -0.2) is 59.3 Å². The van der Waals surface area contributed by atoms with Crippen LogP contribution in [0.15, 0.2) is 0 Å². The number of aliphatic hydroxyl groups is 1. The first-order chi connectivity index (χ1) is 8.67. The Labute approximate surface area is 112 Å². The van der Waals surface area contributed by atoms with Crippen molar-refractivity contribution < 1.29 is 5.11 Å². The van der Waals surface area contributed by atoms with Gasteiger partial charge in [0, 0.05) is 31.2 Å². The summed E-state index contributed by atoms with van der Waals surface area (Å²) in [6, 6.07) is 1.89. The van der Waals surface area contributed by atoms with Gasteiger partial charge in [-0.2, -0.15) is 0 Å². The molecule has 2 heterocycles. The number of aliphatic hydroxyl groups excluding tert-OH is 1. The zero-order chi connectivity index (χ0) is 13.1. The van der Waals surface area contributed by atoms with Crippen LogP contribution in [0.2, 0.25) is 0 Å². The predicted molar refractivity (Wildman–Crippen MR) is 75.8 cm³/mol. The normalized spacial score (nSPS) is 33.3. The van der Waals surface area contributed by atoms with Crippen LogP contribution < -0.4 is 0 Å². The van der Waals surface area contributed by atoms with Crippen molar-refractivity contribution in [3.63, 3.8) is 0 Å². The summed E-state index contributed by atoms with van der Waals surface area (Å²) in [7, 11) is 2.29. The van der Waals surface area contributed by atoms with E-state index in [-0.39, 0.29) is 6.10 Å². The lowest BCUT2D eigenvalue weighted by Gasteiger charge is -2.35. The van der Waals surface area contributed by atoms with E-state index in [1.165, 1.54) is 25.8 Å². The van der Waals surface area contributed by atoms with E-state index < -0.39 is 0 Å². The van der Waals surface area contributed by atoms with Gasteiger partial charge in [-0.05, 0) is 39.2 Å². The Bertz CT molecular complexity index is 259. The van der Waals surface area contributed by atoms with Gasteiger partial charge < -0.3 is 5.11 Å². The van der Waals surface area contributed by atoms with Gasteiger partial charge in [0.05, 0.1) is 6.10 Å². The highest BCUT2D eigenvalue weighted by Gasteiger charge is 2.37. The maximum Gasteiger partial charge on any atom is 0.0695 e. The molecule has 2 aliphatic rings. The second-order valence-corrected chi connectivity index (χ2v) is 6.17. The van der Waals surface area contributed by atoms with Crippen LogP contribution >= 0.6 is 0 Å². The largest absolute Gasteiger partial charge is 0.391 e. The Morgan fingerprint density at radius 3 is 2.56 bits per heavy atom. The van der Waals surface area contributed by atoms with E-state index in [9.17, 15) is 5.11 Å². The van der Waals surface area contributed by atoms with Gasteiger partial charge in [0.2, 0.25) is 0 Å². The maximum atomic E-state index is 10.3. The third-order valence-corrected chi connectivity index (χ3v) is 5.10. The van der Waals surface area contributed by atoms with Crippen molar-refractivity contribution in [1.82, 2.24) is 9.80 Å². The van der Waals surface area contributed by atoms with E-state index in [1.54, 1.807) is 0 Å². The summed E-state index contributed by atoms with van der Waals surface area (Å²) in [4.78, 5) is 5.15. The van der Waals surface area contributed by atoms with Gasteiger partial charge in [-0.15, -0.1) is 0 Å². The molecule has 3 heteroatoms. The van der Waals surface area contributed by atoms with Gasteiger partial charge >= 0.3 is 0 Å². The highest BCUT2D eigenvalue weighted by molar-refractivity contribution is 4.93. The molecule has 4 unspecified atom stereocenters. The number of fused-ring (bicyclic) bond motifs is 2. The van der Waals surface area contributed by atoms with Crippen molar-refractivity contribution in [2.75, 3.05) is 20.1 Å². The number of likely N-dealkylation sites (tertiary alicyclic amines) is 1. The predicted octanol–water partition coefficient (Wildman–Crippen LogP) is 2.09. The van der Waals surface area contributed by atoms with Gasteiger partial charge in [-0.3, -0.25) is 9.80 Å². The van der Waals surface area contributed by atoms with E-state index in [2.05, 4.69) is 30.7 Å². The Kier molecular flexibility index (Phi) is 5.05. The van der Waals surface area contributed by atoms with Crippen molar-refractivity contribution in [2.24, 2.45) is 0 Å². The molecule has 0 aromatic carbocycles. The molecule has 18 heavy (non-hydrogen) atoms. The van der Waals surface area contributed by atoms with Crippen LogP contribution in [0.1, 0.15) is 52.4 Å². The molecule has 2 bridgehead atoms. The Hall–Kier alpha value is -0.120. The average Bonchev–Trinajstić information content (AvgIpc) is 2.57. The van der Waals surface area contributed by atoms with E-state index in [4.69, 9.17) is 0 Å². The lowest BCUT2D eigenvalue weighted by atomic mass is 9.99. The topological polar surface area (TPSA) is 26.7 Å². The molecule has 106 valence electrons. The van der Waals surface area contributed by atoms with Crippen molar-refractivity contribution in [2.45, 2.75) is 76.6 Å². The first kappa shape index (κ1) is 14.3. The fourth-order valence-corrected chi connectivity index (χ4v) is 3.90. The van der Waals surface area contributed by atoms with Crippen LogP contribution in [-0.2, 0) is 0 Å². The SMILES string of the molecule is CCCC(O)C(CC)N1CCC2CCC(C1)N2C. The number of hydrogen-bond donors (Lipinski definition) is 1. The molecule has 0 amide bonds. The smallest absolute Gasteiger partial charge is 0.0695 e. The molecular formula is C15H30N2O. The molecule has 1 N–H and O–H groups in total. The molecule has 2 fully saturated rings. The summed E-state index contributed by atoms with van der Waals surface area (Å²) >= 11 is 0. The van der Waals surface area contributed by atoms with Gasteiger partial charge in [0.25, 0.3) is 0 Å². The first-order valence-electron chi connectivity index (χ1n) is 7.81. The number of nitrogens with zero attached hydrogens (tertiary/aromatic N) is 2. The molecule has 0 aliphatic carbocycles. The molecular weight excluding hydrogens is 224 g/mol. The quantitative estimate of drug-likeness (QED) is 0.814. The van der Waals surface area contributed by atoms with Gasteiger partial charge in [-0.1, -0.05) is 20.3 Å². The Morgan fingerprint density at radius 1 is 1.17 bits per heavy atom. The molecule has 0 spiro atoms. The Morgan fingerprint density at radius 2 is 1.89 bits per heavy atom. The highest BCUT2D eigenvalue weighted by atomic mass is 16.3. The minimum absolute atomic E-state index is 0.137. The molecule has 2 aliphatic heterocycles. The molecule has 2 saturated heterocycles. The van der Waals surface area contributed by atoms with Crippen molar-refractivity contribution >= 4 is 0 Å². The van der Waals surface area contributed by atoms with E-state index in [0.717, 1.165) is 37.9 Å². The summed E-state index contributed by atoms with van der Waals surface area (Å²) in [6.07, 6.45) is 6.96. The third kappa shape index (κ3) is 2.89.